The molecular weight excluding hydrogens is 190 g/mol. The van der Waals surface area contributed by atoms with Crippen LogP contribution in [-0.2, 0) is 0 Å². The number of aliphatic hydroxyl groups excluding tert-OH is 2. The molecule has 0 radical (unpaired) electrons. The second-order valence-electron chi connectivity index (χ2n) is 6.12. The van der Waals surface area contributed by atoms with Gasteiger partial charge in [-0.25, -0.2) is 0 Å². The van der Waals surface area contributed by atoms with Crippen LogP contribution >= 0.6 is 0 Å². The summed E-state index contributed by atoms with van der Waals surface area (Å²) in [6.45, 7) is 13.7. The van der Waals surface area contributed by atoms with Crippen molar-refractivity contribution in [2.45, 2.75) is 65.1 Å². The minimum atomic E-state index is -0.600. The van der Waals surface area contributed by atoms with Crippen LogP contribution in [0.4, 0.5) is 0 Å². The summed E-state index contributed by atoms with van der Waals surface area (Å²) in [7, 11) is 0. The molecule has 1 atom stereocenters. The van der Waals surface area contributed by atoms with Crippen molar-refractivity contribution in [3.8, 4) is 0 Å². The third-order valence-corrected chi connectivity index (χ3v) is 2.52. The summed E-state index contributed by atoms with van der Waals surface area (Å²) in [6.07, 6.45) is 0.0163. The Kier molecular flexibility index (Phi) is 5.24. The molecular formula is C12H27NO2. The van der Waals surface area contributed by atoms with Crippen molar-refractivity contribution in [2.24, 2.45) is 0 Å². The largest absolute Gasteiger partial charge is 0.394 e. The van der Waals surface area contributed by atoms with Crippen molar-refractivity contribution in [3.63, 3.8) is 0 Å². The molecule has 0 aliphatic carbocycles. The standard InChI is InChI=1S/C12H27NO2/c1-11(2,3)13(12(4,5)6)8-7-10(15)9-14/h10,14-15H,7-9H2,1-6H3. The second kappa shape index (κ2) is 5.28. The molecule has 0 fully saturated rings. The molecule has 3 heteroatoms. The molecule has 2 N–H and O–H groups in total. The van der Waals surface area contributed by atoms with E-state index in [9.17, 15) is 5.11 Å². The maximum Gasteiger partial charge on any atom is 0.0783 e. The van der Waals surface area contributed by atoms with Gasteiger partial charge in [0.05, 0.1) is 12.7 Å². The van der Waals surface area contributed by atoms with E-state index in [1.54, 1.807) is 0 Å². The Morgan fingerprint density at radius 1 is 1.00 bits per heavy atom. The lowest BCUT2D eigenvalue weighted by Crippen LogP contribution is -2.53. The Balaban J connectivity index is 4.42. The van der Waals surface area contributed by atoms with Gasteiger partial charge in [0.25, 0.3) is 0 Å². The molecule has 0 saturated carbocycles. The predicted molar refractivity (Wildman–Crippen MR) is 63.9 cm³/mol. The van der Waals surface area contributed by atoms with Crippen molar-refractivity contribution in [1.82, 2.24) is 4.90 Å². The predicted octanol–water partition coefficient (Wildman–Crippen LogP) is 1.63. The molecule has 0 spiro atoms. The summed E-state index contributed by atoms with van der Waals surface area (Å²) in [5, 5.41) is 18.1. The first-order valence-electron chi connectivity index (χ1n) is 5.65. The van der Waals surface area contributed by atoms with E-state index < -0.39 is 6.10 Å². The third-order valence-electron chi connectivity index (χ3n) is 2.52. The van der Waals surface area contributed by atoms with Gasteiger partial charge in [0.2, 0.25) is 0 Å². The summed E-state index contributed by atoms with van der Waals surface area (Å²) in [5.41, 5.74) is 0.154. The highest BCUT2D eigenvalue weighted by atomic mass is 16.3. The molecule has 0 rings (SSSR count). The lowest BCUT2D eigenvalue weighted by molar-refractivity contribution is 0.0124. The van der Waals surface area contributed by atoms with Crippen LogP contribution in [0.2, 0.25) is 0 Å². The third kappa shape index (κ3) is 5.50. The minimum absolute atomic E-state index is 0.0768. The Morgan fingerprint density at radius 3 is 1.67 bits per heavy atom. The minimum Gasteiger partial charge on any atom is -0.394 e. The quantitative estimate of drug-likeness (QED) is 0.752. The fraction of sp³-hybridized carbons (Fsp3) is 1.00. The van der Waals surface area contributed by atoms with Gasteiger partial charge in [-0.3, -0.25) is 4.90 Å². The Hall–Kier alpha value is -0.120. The fourth-order valence-corrected chi connectivity index (χ4v) is 2.05. The van der Waals surface area contributed by atoms with E-state index in [1.165, 1.54) is 0 Å². The number of rotatable bonds is 4. The van der Waals surface area contributed by atoms with E-state index in [2.05, 4.69) is 46.4 Å². The Labute approximate surface area is 94.1 Å². The number of nitrogens with zero attached hydrogens (tertiary/aromatic N) is 1. The van der Waals surface area contributed by atoms with Crippen LogP contribution in [0.3, 0.4) is 0 Å². The number of hydrogen-bond donors (Lipinski definition) is 2. The molecule has 0 saturated heterocycles. The molecule has 0 aromatic carbocycles. The monoisotopic (exact) mass is 217 g/mol. The molecule has 3 nitrogen and oxygen atoms in total. The molecule has 0 aromatic rings. The molecule has 0 bridgehead atoms. The van der Waals surface area contributed by atoms with Crippen LogP contribution < -0.4 is 0 Å². The molecule has 0 aromatic heterocycles. The van der Waals surface area contributed by atoms with Crippen LogP contribution in [0, 0.1) is 0 Å². The van der Waals surface area contributed by atoms with E-state index >= 15 is 0 Å². The van der Waals surface area contributed by atoms with Crippen LogP contribution in [-0.4, -0.2) is 45.4 Å². The zero-order valence-corrected chi connectivity index (χ0v) is 11.0. The van der Waals surface area contributed by atoms with Gasteiger partial charge in [0, 0.05) is 17.6 Å². The Morgan fingerprint density at radius 2 is 1.40 bits per heavy atom. The van der Waals surface area contributed by atoms with Gasteiger partial charge in [-0.15, -0.1) is 0 Å². The van der Waals surface area contributed by atoms with Gasteiger partial charge in [0.1, 0.15) is 0 Å². The van der Waals surface area contributed by atoms with Gasteiger partial charge in [-0.05, 0) is 48.0 Å². The highest BCUT2D eigenvalue weighted by Gasteiger charge is 2.31. The maximum atomic E-state index is 9.36. The van der Waals surface area contributed by atoms with Gasteiger partial charge in [-0.2, -0.15) is 0 Å². The molecule has 0 aliphatic rings. The van der Waals surface area contributed by atoms with Crippen LogP contribution in [0.15, 0.2) is 0 Å². The SMILES string of the molecule is CC(C)(C)N(CCC(O)CO)C(C)(C)C. The summed E-state index contributed by atoms with van der Waals surface area (Å²) in [6, 6.07) is 0. The zero-order chi connectivity index (χ0) is 12.3. The highest BCUT2D eigenvalue weighted by molar-refractivity contribution is 4.87. The topological polar surface area (TPSA) is 43.7 Å². The van der Waals surface area contributed by atoms with Crippen LogP contribution in [0.1, 0.15) is 48.0 Å². The first kappa shape index (κ1) is 14.9. The van der Waals surface area contributed by atoms with E-state index in [4.69, 9.17) is 5.11 Å². The molecule has 15 heavy (non-hydrogen) atoms. The average molecular weight is 217 g/mol. The molecule has 0 heterocycles. The van der Waals surface area contributed by atoms with Crippen molar-refractivity contribution in [3.05, 3.63) is 0 Å². The number of hydrogen-bond acceptors (Lipinski definition) is 3. The van der Waals surface area contributed by atoms with Crippen molar-refractivity contribution in [1.29, 1.82) is 0 Å². The summed E-state index contributed by atoms with van der Waals surface area (Å²) in [4.78, 5) is 2.35. The van der Waals surface area contributed by atoms with Crippen molar-refractivity contribution < 1.29 is 10.2 Å². The summed E-state index contributed by atoms with van der Waals surface area (Å²) >= 11 is 0. The van der Waals surface area contributed by atoms with Gasteiger partial charge in [0.15, 0.2) is 0 Å². The Bertz CT molecular complexity index is 165. The number of aliphatic hydroxyl groups is 2. The molecule has 92 valence electrons. The molecule has 0 aliphatic heterocycles. The van der Waals surface area contributed by atoms with Crippen LogP contribution in [0.5, 0.6) is 0 Å². The van der Waals surface area contributed by atoms with E-state index in [-0.39, 0.29) is 17.7 Å². The lowest BCUT2D eigenvalue weighted by Gasteiger charge is -2.45. The normalized spacial score (nSPS) is 15.8. The van der Waals surface area contributed by atoms with Crippen LogP contribution in [0.25, 0.3) is 0 Å². The first-order chi connectivity index (χ1) is 6.59. The van der Waals surface area contributed by atoms with E-state index in [0.29, 0.717) is 6.42 Å². The zero-order valence-electron chi connectivity index (χ0n) is 11.0. The van der Waals surface area contributed by atoms with E-state index in [0.717, 1.165) is 6.54 Å². The first-order valence-corrected chi connectivity index (χ1v) is 5.65. The smallest absolute Gasteiger partial charge is 0.0783 e. The highest BCUT2D eigenvalue weighted by Crippen LogP contribution is 2.24. The van der Waals surface area contributed by atoms with Gasteiger partial charge < -0.3 is 10.2 Å². The second-order valence-corrected chi connectivity index (χ2v) is 6.12. The van der Waals surface area contributed by atoms with Gasteiger partial charge in [-0.1, -0.05) is 0 Å². The van der Waals surface area contributed by atoms with E-state index in [1.807, 2.05) is 0 Å². The lowest BCUT2D eigenvalue weighted by atomic mass is 9.95. The summed E-state index contributed by atoms with van der Waals surface area (Å²) in [5.74, 6) is 0. The molecule has 0 amide bonds. The van der Waals surface area contributed by atoms with Crippen molar-refractivity contribution >= 4 is 0 Å². The average Bonchev–Trinajstić information content (AvgIpc) is 1.99. The van der Waals surface area contributed by atoms with Gasteiger partial charge >= 0.3 is 0 Å². The van der Waals surface area contributed by atoms with Crippen molar-refractivity contribution in [2.75, 3.05) is 13.2 Å². The fourth-order valence-electron chi connectivity index (χ4n) is 2.05. The maximum absolute atomic E-state index is 9.36. The molecule has 1 unspecified atom stereocenters. The summed E-state index contributed by atoms with van der Waals surface area (Å²) < 4.78 is 0.